The van der Waals surface area contributed by atoms with Crippen LogP contribution in [0.3, 0.4) is 0 Å². The summed E-state index contributed by atoms with van der Waals surface area (Å²) in [7, 11) is 0. The fraction of sp³-hybridized carbons (Fsp3) is 0. The number of benzene rings is 1. The zero-order valence-corrected chi connectivity index (χ0v) is 7.48. The Hall–Kier alpha value is -1.60. The van der Waals surface area contributed by atoms with Gasteiger partial charge in [0.15, 0.2) is 17.2 Å². The van der Waals surface area contributed by atoms with Crippen LogP contribution < -0.4 is 0 Å². The molecule has 0 heterocycles. The molecular weight excluding hydrogens is 212 g/mol. The number of carbonyl (C=O) groups excluding carboxylic acids is 1. The van der Waals surface area contributed by atoms with Gasteiger partial charge in [-0.15, -0.1) is 0 Å². The van der Waals surface area contributed by atoms with Crippen LogP contribution >= 0.6 is 0 Å². The number of aromatic hydroxyl groups is 3. The second kappa shape index (κ2) is 3.64. The van der Waals surface area contributed by atoms with E-state index in [0.29, 0.717) is 0 Å². The van der Waals surface area contributed by atoms with E-state index in [0.717, 1.165) is 12.1 Å². The highest BCUT2D eigenvalue weighted by Gasteiger charge is 2.17. The SMILES string of the molecule is O=C(c1cc(O)c(O)c(O)c1)S(=O)O. The summed E-state index contributed by atoms with van der Waals surface area (Å²) in [4.78, 5) is 10.9. The molecule has 0 amide bonds. The average molecular weight is 218 g/mol. The molecule has 1 aromatic carbocycles. The van der Waals surface area contributed by atoms with Crippen LogP contribution in [0, 0.1) is 0 Å². The van der Waals surface area contributed by atoms with Crippen molar-refractivity contribution in [3.8, 4) is 17.2 Å². The molecule has 0 aliphatic carbocycles. The number of hydrogen-bond donors (Lipinski definition) is 4. The molecule has 1 rings (SSSR count). The van der Waals surface area contributed by atoms with E-state index in [4.69, 9.17) is 19.9 Å². The van der Waals surface area contributed by atoms with Crippen LogP contribution in [0.5, 0.6) is 17.2 Å². The minimum atomic E-state index is -2.73. The van der Waals surface area contributed by atoms with Gasteiger partial charge in [0.05, 0.1) is 0 Å². The maximum absolute atomic E-state index is 10.9. The van der Waals surface area contributed by atoms with Crippen molar-refractivity contribution >= 4 is 16.2 Å². The van der Waals surface area contributed by atoms with E-state index in [1.807, 2.05) is 0 Å². The van der Waals surface area contributed by atoms with Crippen molar-refractivity contribution in [3.63, 3.8) is 0 Å². The molecule has 0 spiro atoms. The molecule has 0 aliphatic heterocycles. The molecule has 1 atom stereocenters. The number of phenols is 3. The number of carbonyl (C=O) groups is 1. The molecule has 7 heteroatoms. The Morgan fingerprint density at radius 3 is 1.93 bits per heavy atom. The van der Waals surface area contributed by atoms with Crippen LogP contribution in [0.1, 0.15) is 10.4 Å². The Morgan fingerprint density at radius 2 is 1.57 bits per heavy atom. The van der Waals surface area contributed by atoms with Crippen molar-refractivity contribution in [2.75, 3.05) is 0 Å². The molecule has 0 bridgehead atoms. The van der Waals surface area contributed by atoms with Crippen molar-refractivity contribution in [2.24, 2.45) is 0 Å². The fourth-order valence-electron chi connectivity index (χ4n) is 0.823. The standard InChI is InChI=1S/C7H6O6S/c8-4-1-3(7(11)14(12)13)2-5(9)6(4)10/h1-2,8-10H,(H,12,13). The zero-order valence-electron chi connectivity index (χ0n) is 6.67. The number of rotatable bonds is 1. The van der Waals surface area contributed by atoms with Crippen LogP contribution in [0.25, 0.3) is 0 Å². The molecule has 0 aliphatic rings. The highest BCUT2D eigenvalue weighted by Crippen LogP contribution is 2.35. The maximum Gasteiger partial charge on any atom is 0.276 e. The summed E-state index contributed by atoms with van der Waals surface area (Å²) in [6.45, 7) is 0. The summed E-state index contributed by atoms with van der Waals surface area (Å²) < 4.78 is 18.8. The van der Waals surface area contributed by atoms with Gasteiger partial charge in [-0.2, -0.15) is 0 Å². The van der Waals surface area contributed by atoms with Crippen LogP contribution in [0.2, 0.25) is 0 Å². The van der Waals surface area contributed by atoms with E-state index in [2.05, 4.69) is 0 Å². The largest absolute Gasteiger partial charge is 0.504 e. The molecule has 0 aromatic heterocycles. The maximum atomic E-state index is 10.9. The van der Waals surface area contributed by atoms with E-state index in [-0.39, 0.29) is 5.56 Å². The second-order valence-electron chi connectivity index (χ2n) is 2.40. The Bertz CT molecular complexity index is 390. The van der Waals surface area contributed by atoms with Gasteiger partial charge in [-0.05, 0) is 12.1 Å². The third kappa shape index (κ3) is 1.83. The third-order valence-corrected chi connectivity index (χ3v) is 2.02. The van der Waals surface area contributed by atoms with Gasteiger partial charge in [0, 0.05) is 5.56 Å². The lowest BCUT2D eigenvalue weighted by Gasteiger charge is -2.02. The lowest BCUT2D eigenvalue weighted by Crippen LogP contribution is -2.05. The predicted molar refractivity (Wildman–Crippen MR) is 46.5 cm³/mol. The van der Waals surface area contributed by atoms with Gasteiger partial charge in [0.2, 0.25) is 11.1 Å². The van der Waals surface area contributed by atoms with E-state index in [9.17, 15) is 9.00 Å². The normalized spacial score (nSPS) is 12.4. The monoisotopic (exact) mass is 218 g/mol. The van der Waals surface area contributed by atoms with E-state index in [1.165, 1.54) is 0 Å². The van der Waals surface area contributed by atoms with E-state index < -0.39 is 33.4 Å². The van der Waals surface area contributed by atoms with Crippen molar-refractivity contribution in [1.82, 2.24) is 0 Å². The minimum absolute atomic E-state index is 0.362. The van der Waals surface area contributed by atoms with Gasteiger partial charge in [0.1, 0.15) is 0 Å². The first-order valence-corrected chi connectivity index (χ1v) is 4.44. The highest BCUT2D eigenvalue weighted by atomic mass is 32.2. The Morgan fingerprint density at radius 1 is 1.14 bits per heavy atom. The summed E-state index contributed by atoms with van der Waals surface area (Å²) in [6, 6.07) is 1.57. The lowest BCUT2D eigenvalue weighted by atomic mass is 10.2. The van der Waals surface area contributed by atoms with E-state index >= 15 is 0 Å². The molecular formula is C7H6O6S. The molecule has 6 nitrogen and oxygen atoms in total. The van der Waals surface area contributed by atoms with Gasteiger partial charge < -0.3 is 15.3 Å². The van der Waals surface area contributed by atoms with Crippen LogP contribution in [-0.4, -0.2) is 29.2 Å². The molecule has 1 unspecified atom stereocenters. The molecule has 14 heavy (non-hydrogen) atoms. The minimum Gasteiger partial charge on any atom is -0.504 e. The quantitative estimate of drug-likeness (QED) is 0.394. The molecule has 76 valence electrons. The van der Waals surface area contributed by atoms with Crippen LogP contribution in [0.4, 0.5) is 0 Å². The lowest BCUT2D eigenvalue weighted by molar-refractivity contribution is 0.107. The van der Waals surface area contributed by atoms with Crippen molar-refractivity contribution in [2.45, 2.75) is 0 Å². The third-order valence-electron chi connectivity index (χ3n) is 1.46. The van der Waals surface area contributed by atoms with Crippen LogP contribution in [0.15, 0.2) is 12.1 Å². The summed E-state index contributed by atoms with van der Waals surface area (Å²) in [5.41, 5.74) is -0.362. The average Bonchev–Trinajstić information content (AvgIpc) is 2.12. The Labute approximate surface area is 80.7 Å². The molecule has 0 radical (unpaired) electrons. The van der Waals surface area contributed by atoms with Gasteiger partial charge in [0.25, 0.3) is 5.12 Å². The van der Waals surface area contributed by atoms with Gasteiger partial charge in [-0.25, -0.2) is 4.21 Å². The Kier molecular flexibility index (Phi) is 2.73. The highest BCUT2D eigenvalue weighted by molar-refractivity contribution is 7.95. The van der Waals surface area contributed by atoms with Crippen molar-refractivity contribution in [1.29, 1.82) is 0 Å². The van der Waals surface area contributed by atoms with E-state index in [1.54, 1.807) is 0 Å². The summed E-state index contributed by atoms with van der Waals surface area (Å²) in [6.07, 6.45) is 0. The van der Waals surface area contributed by atoms with Crippen LogP contribution in [-0.2, 0) is 11.1 Å². The summed E-state index contributed by atoms with van der Waals surface area (Å²) in [5, 5.41) is 25.7. The van der Waals surface area contributed by atoms with Crippen molar-refractivity contribution in [3.05, 3.63) is 17.7 Å². The fourth-order valence-corrected chi connectivity index (χ4v) is 1.14. The smallest absolute Gasteiger partial charge is 0.276 e. The van der Waals surface area contributed by atoms with Gasteiger partial charge in [-0.1, -0.05) is 0 Å². The number of hydrogen-bond acceptors (Lipinski definition) is 5. The molecule has 0 saturated heterocycles. The van der Waals surface area contributed by atoms with Gasteiger partial charge >= 0.3 is 0 Å². The zero-order chi connectivity index (χ0) is 10.9. The first-order chi connectivity index (χ1) is 6.43. The topological polar surface area (TPSA) is 115 Å². The molecule has 0 fully saturated rings. The second-order valence-corrected chi connectivity index (χ2v) is 3.27. The Balaban J connectivity index is 3.26. The first kappa shape index (κ1) is 10.5. The van der Waals surface area contributed by atoms with Crippen molar-refractivity contribution < 1.29 is 28.9 Å². The van der Waals surface area contributed by atoms with Gasteiger partial charge in [-0.3, -0.25) is 9.35 Å². The molecule has 4 N–H and O–H groups in total. The predicted octanol–water partition coefficient (Wildman–Crippen LogP) is 0.165. The molecule has 0 saturated carbocycles. The summed E-state index contributed by atoms with van der Waals surface area (Å²) >= 11 is -2.73. The molecule has 1 aromatic rings. The first-order valence-electron chi connectivity index (χ1n) is 3.33. The summed E-state index contributed by atoms with van der Waals surface area (Å²) in [5.74, 6) is -2.26. The number of phenolic OH excluding ortho intramolecular Hbond substituents is 3.